The van der Waals surface area contributed by atoms with Crippen LogP contribution in [-0.2, 0) is 0 Å². The molecule has 1 aromatic heterocycles. The molecule has 1 unspecified atom stereocenters. The first-order valence-corrected chi connectivity index (χ1v) is 9.39. The van der Waals surface area contributed by atoms with Crippen LogP contribution in [0.2, 0.25) is 5.02 Å². The number of carbonyl (C=O) groups excluding carboxylic acids is 1. The standard InChI is InChI=1S/C22H20ClNO3/c1-12(2)11-24-19(14-7-5-4-6-8-14)18-20(25)15-10-16(23)13(3)9-17(15)27-21(18)22(24)26/h4-10,12,19H,11H2,1-3H3. The van der Waals surface area contributed by atoms with Gasteiger partial charge in [0.1, 0.15) is 5.58 Å². The molecular formula is C22H20ClNO3. The molecule has 0 saturated heterocycles. The third-order valence-corrected chi connectivity index (χ3v) is 5.33. The first-order chi connectivity index (χ1) is 12.9. The van der Waals surface area contributed by atoms with Gasteiger partial charge in [-0.2, -0.15) is 0 Å². The number of rotatable bonds is 3. The lowest BCUT2D eigenvalue weighted by Crippen LogP contribution is -2.32. The third kappa shape index (κ3) is 2.85. The summed E-state index contributed by atoms with van der Waals surface area (Å²) in [7, 11) is 0. The zero-order valence-electron chi connectivity index (χ0n) is 15.5. The number of amides is 1. The fourth-order valence-corrected chi connectivity index (χ4v) is 3.87. The van der Waals surface area contributed by atoms with Gasteiger partial charge in [0, 0.05) is 11.6 Å². The van der Waals surface area contributed by atoms with Gasteiger partial charge in [0.05, 0.1) is 17.0 Å². The Kier molecular flexibility index (Phi) is 4.31. The summed E-state index contributed by atoms with van der Waals surface area (Å²) >= 11 is 6.23. The molecule has 0 aliphatic carbocycles. The highest BCUT2D eigenvalue weighted by Gasteiger charge is 2.42. The highest BCUT2D eigenvalue weighted by atomic mass is 35.5. The topological polar surface area (TPSA) is 50.5 Å². The maximum absolute atomic E-state index is 13.3. The molecule has 0 bridgehead atoms. The van der Waals surface area contributed by atoms with E-state index in [0.29, 0.717) is 28.1 Å². The van der Waals surface area contributed by atoms with E-state index in [1.54, 1.807) is 17.0 Å². The molecule has 1 amide bonds. The lowest BCUT2D eigenvalue weighted by Gasteiger charge is -2.26. The molecule has 1 aliphatic rings. The number of aryl methyl sites for hydroxylation is 1. The summed E-state index contributed by atoms with van der Waals surface area (Å²) in [6.07, 6.45) is 0. The van der Waals surface area contributed by atoms with Crippen LogP contribution in [0.4, 0.5) is 0 Å². The number of nitrogens with zero attached hydrogens (tertiary/aromatic N) is 1. The average molecular weight is 382 g/mol. The van der Waals surface area contributed by atoms with Gasteiger partial charge in [0.15, 0.2) is 5.43 Å². The van der Waals surface area contributed by atoms with Crippen LogP contribution in [0.5, 0.6) is 0 Å². The number of halogens is 1. The summed E-state index contributed by atoms with van der Waals surface area (Å²) in [6.45, 7) is 6.48. The van der Waals surface area contributed by atoms with Crippen molar-refractivity contribution in [3.8, 4) is 0 Å². The second-order valence-electron chi connectivity index (χ2n) is 7.44. The molecule has 27 heavy (non-hydrogen) atoms. The molecule has 138 valence electrons. The van der Waals surface area contributed by atoms with Crippen molar-refractivity contribution in [2.24, 2.45) is 5.92 Å². The minimum atomic E-state index is -0.447. The van der Waals surface area contributed by atoms with Gasteiger partial charge in [0.2, 0.25) is 5.76 Å². The molecule has 5 heteroatoms. The summed E-state index contributed by atoms with van der Waals surface area (Å²) < 4.78 is 5.95. The van der Waals surface area contributed by atoms with Gasteiger partial charge in [-0.3, -0.25) is 9.59 Å². The zero-order chi connectivity index (χ0) is 19.3. The van der Waals surface area contributed by atoms with E-state index in [1.807, 2.05) is 51.1 Å². The van der Waals surface area contributed by atoms with Crippen LogP contribution in [0.25, 0.3) is 11.0 Å². The van der Waals surface area contributed by atoms with Crippen LogP contribution in [0.1, 0.15) is 47.1 Å². The molecule has 1 atom stereocenters. The molecular weight excluding hydrogens is 362 g/mol. The van der Waals surface area contributed by atoms with E-state index in [9.17, 15) is 9.59 Å². The Labute approximate surface area is 162 Å². The van der Waals surface area contributed by atoms with Crippen molar-refractivity contribution in [2.45, 2.75) is 26.8 Å². The van der Waals surface area contributed by atoms with Crippen LogP contribution in [-0.4, -0.2) is 17.4 Å². The van der Waals surface area contributed by atoms with Gasteiger partial charge >= 0.3 is 0 Å². The number of carbonyl (C=O) groups is 1. The maximum Gasteiger partial charge on any atom is 0.290 e. The first-order valence-electron chi connectivity index (χ1n) is 9.01. The molecule has 0 N–H and O–H groups in total. The van der Waals surface area contributed by atoms with E-state index in [0.717, 1.165) is 11.1 Å². The van der Waals surface area contributed by atoms with Gasteiger partial charge < -0.3 is 9.32 Å². The van der Waals surface area contributed by atoms with E-state index in [1.165, 1.54) is 0 Å². The summed E-state index contributed by atoms with van der Waals surface area (Å²) in [4.78, 5) is 28.2. The van der Waals surface area contributed by atoms with Gasteiger partial charge in [0.25, 0.3) is 5.91 Å². The predicted molar refractivity (Wildman–Crippen MR) is 106 cm³/mol. The van der Waals surface area contributed by atoms with Crippen LogP contribution in [0, 0.1) is 12.8 Å². The van der Waals surface area contributed by atoms with Gasteiger partial charge in [-0.1, -0.05) is 55.8 Å². The minimum Gasteiger partial charge on any atom is -0.450 e. The number of hydrogen-bond acceptors (Lipinski definition) is 3. The van der Waals surface area contributed by atoms with Crippen molar-refractivity contribution < 1.29 is 9.21 Å². The van der Waals surface area contributed by atoms with Crippen molar-refractivity contribution in [2.75, 3.05) is 6.54 Å². The highest BCUT2D eigenvalue weighted by molar-refractivity contribution is 6.32. The SMILES string of the molecule is Cc1cc2oc3c(c(=O)c2cc1Cl)C(c1ccccc1)N(CC(C)C)C3=O. The van der Waals surface area contributed by atoms with Crippen LogP contribution in [0.15, 0.2) is 51.7 Å². The summed E-state index contributed by atoms with van der Waals surface area (Å²) in [6, 6.07) is 12.5. The summed E-state index contributed by atoms with van der Waals surface area (Å²) in [5.74, 6) is 0.165. The van der Waals surface area contributed by atoms with E-state index in [4.69, 9.17) is 16.0 Å². The number of hydrogen-bond donors (Lipinski definition) is 0. The lowest BCUT2D eigenvalue weighted by molar-refractivity contribution is 0.0706. The van der Waals surface area contributed by atoms with Gasteiger partial charge in [-0.05, 0) is 36.1 Å². The third-order valence-electron chi connectivity index (χ3n) is 4.92. The second-order valence-corrected chi connectivity index (χ2v) is 7.84. The maximum atomic E-state index is 13.3. The Bertz CT molecular complexity index is 1100. The molecule has 3 aromatic rings. The molecule has 0 radical (unpaired) electrons. The van der Waals surface area contributed by atoms with Crippen LogP contribution < -0.4 is 5.43 Å². The zero-order valence-corrected chi connectivity index (χ0v) is 16.2. The average Bonchev–Trinajstić information content (AvgIpc) is 2.90. The molecule has 2 aromatic carbocycles. The van der Waals surface area contributed by atoms with E-state index in [2.05, 4.69) is 0 Å². The summed E-state index contributed by atoms with van der Waals surface area (Å²) in [5, 5.41) is 0.916. The van der Waals surface area contributed by atoms with Crippen molar-refractivity contribution in [1.29, 1.82) is 0 Å². The second kappa shape index (κ2) is 6.54. The molecule has 1 aliphatic heterocycles. The van der Waals surface area contributed by atoms with E-state index >= 15 is 0 Å². The Balaban J connectivity index is 2.02. The fraction of sp³-hybridized carbons (Fsp3) is 0.273. The summed E-state index contributed by atoms with van der Waals surface area (Å²) in [5.41, 5.74) is 2.31. The van der Waals surface area contributed by atoms with Crippen molar-refractivity contribution in [3.05, 3.63) is 80.2 Å². The lowest BCUT2D eigenvalue weighted by atomic mass is 9.98. The fourth-order valence-electron chi connectivity index (χ4n) is 3.70. The van der Waals surface area contributed by atoms with Crippen molar-refractivity contribution in [1.82, 2.24) is 4.90 Å². The minimum absolute atomic E-state index is 0.142. The van der Waals surface area contributed by atoms with Crippen LogP contribution >= 0.6 is 11.6 Å². The molecule has 0 saturated carbocycles. The Morgan fingerprint density at radius 2 is 1.85 bits per heavy atom. The molecule has 4 rings (SSSR count). The first kappa shape index (κ1) is 17.8. The largest absolute Gasteiger partial charge is 0.450 e. The quantitative estimate of drug-likeness (QED) is 0.644. The Morgan fingerprint density at radius 3 is 2.52 bits per heavy atom. The Hall–Kier alpha value is -2.59. The van der Waals surface area contributed by atoms with Crippen LogP contribution in [0.3, 0.4) is 0 Å². The van der Waals surface area contributed by atoms with Gasteiger partial charge in [-0.15, -0.1) is 0 Å². The van der Waals surface area contributed by atoms with Crippen molar-refractivity contribution >= 4 is 28.5 Å². The molecule has 2 heterocycles. The molecule has 4 nitrogen and oxygen atoms in total. The van der Waals surface area contributed by atoms with E-state index in [-0.39, 0.29) is 23.0 Å². The Morgan fingerprint density at radius 1 is 1.15 bits per heavy atom. The smallest absolute Gasteiger partial charge is 0.290 e. The monoisotopic (exact) mass is 381 g/mol. The molecule has 0 fully saturated rings. The molecule has 0 spiro atoms. The van der Waals surface area contributed by atoms with E-state index < -0.39 is 6.04 Å². The van der Waals surface area contributed by atoms with Gasteiger partial charge in [-0.25, -0.2) is 0 Å². The normalized spacial score (nSPS) is 16.4. The highest BCUT2D eigenvalue weighted by Crippen LogP contribution is 2.38. The number of fused-ring (bicyclic) bond motifs is 2. The number of benzene rings is 2. The predicted octanol–water partition coefficient (Wildman–Crippen LogP) is 4.96. The van der Waals surface area contributed by atoms with Crippen molar-refractivity contribution in [3.63, 3.8) is 0 Å².